The Morgan fingerprint density at radius 3 is 2.50 bits per heavy atom. The number of sulfonamides is 1. The number of rotatable bonds is 5. The monoisotopic (exact) mass is 419 g/mol. The number of carbonyl (C=O) groups is 1. The van der Waals surface area contributed by atoms with Crippen LogP contribution in [0.2, 0.25) is 0 Å². The maximum Gasteiger partial charge on any atom is 0.267 e. The molecule has 3 aromatic rings. The average molecular weight is 420 g/mol. The Morgan fingerprint density at radius 2 is 1.86 bits per heavy atom. The Morgan fingerprint density at radius 1 is 1.18 bits per heavy atom. The molecule has 0 aliphatic rings. The van der Waals surface area contributed by atoms with Crippen LogP contribution in [-0.4, -0.2) is 19.3 Å². The number of amides is 1. The number of benzene rings is 2. The van der Waals surface area contributed by atoms with Gasteiger partial charge in [-0.15, -0.1) is 11.3 Å². The van der Waals surface area contributed by atoms with Crippen molar-refractivity contribution in [3.05, 3.63) is 75.0 Å². The van der Waals surface area contributed by atoms with Crippen LogP contribution in [0.25, 0.3) is 0 Å². The van der Waals surface area contributed by atoms with Crippen molar-refractivity contribution in [2.24, 2.45) is 5.14 Å². The molecule has 0 radical (unpaired) electrons. The van der Waals surface area contributed by atoms with Crippen molar-refractivity contribution >= 4 is 33.0 Å². The van der Waals surface area contributed by atoms with Crippen molar-refractivity contribution in [2.45, 2.75) is 25.2 Å². The maximum absolute atomic E-state index is 13.0. The first-order chi connectivity index (χ1) is 13.1. The molecule has 9 heteroatoms. The molecule has 0 spiro atoms. The van der Waals surface area contributed by atoms with Gasteiger partial charge in [-0.3, -0.25) is 4.79 Å². The molecule has 0 fully saturated rings. The minimum Gasteiger partial charge on any atom is -0.321 e. The highest BCUT2D eigenvalue weighted by Crippen LogP contribution is 2.24. The van der Waals surface area contributed by atoms with E-state index in [4.69, 9.17) is 5.14 Å². The number of nitrogens with zero attached hydrogens (tertiary/aromatic N) is 1. The van der Waals surface area contributed by atoms with Crippen LogP contribution in [0, 0.1) is 19.7 Å². The van der Waals surface area contributed by atoms with Gasteiger partial charge >= 0.3 is 0 Å². The molecule has 0 aliphatic carbocycles. The van der Waals surface area contributed by atoms with Gasteiger partial charge in [-0.25, -0.2) is 22.9 Å². The number of thiazole rings is 1. The topological polar surface area (TPSA) is 102 Å². The molecule has 0 saturated heterocycles. The van der Waals surface area contributed by atoms with Crippen LogP contribution in [0.4, 0.5) is 10.1 Å². The molecule has 0 aliphatic heterocycles. The molecule has 0 bridgehead atoms. The third kappa shape index (κ3) is 4.61. The van der Waals surface area contributed by atoms with Gasteiger partial charge in [0.2, 0.25) is 10.0 Å². The largest absolute Gasteiger partial charge is 0.321 e. The van der Waals surface area contributed by atoms with E-state index in [1.807, 2.05) is 0 Å². The number of carbonyl (C=O) groups excluding carboxylic acids is 1. The van der Waals surface area contributed by atoms with Gasteiger partial charge in [0.1, 0.15) is 10.7 Å². The fourth-order valence-corrected chi connectivity index (χ4v) is 4.49. The molecule has 1 aromatic heterocycles. The molecular weight excluding hydrogens is 401 g/mol. The quantitative estimate of drug-likeness (QED) is 0.662. The zero-order valence-corrected chi connectivity index (χ0v) is 16.8. The number of aryl methyl sites for hydroxylation is 2. The number of aromatic nitrogens is 1. The summed E-state index contributed by atoms with van der Waals surface area (Å²) in [4.78, 5) is 17.4. The van der Waals surface area contributed by atoms with E-state index in [1.54, 1.807) is 38.1 Å². The second kappa shape index (κ2) is 7.78. The molecular formula is C19H18FN3O3S2. The number of primary sulfonamides is 1. The van der Waals surface area contributed by atoms with Gasteiger partial charge in [0.25, 0.3) is 5.91 Å². The van der Waals surface area contributed by atoms with E-state index in [2.05, 4.69) is 10.3 Å². The standard InChI is InChI=1S/C19H18FN3O3S2/c1-11-3-8-15(10-16(11)28(21,25)26)23-19(24)18-12(2)22-17(27-18)9-13-4-6-14(20)7-5-13/h3-8,10H,9H2,1-2H3,(H,23,24)(H2,21,25,26). The molecule has 1 amide bonds. The van der Waals surface area contributed by atoms with E-state index < -0.39 is 10.0 Å². The second-order valence-electron chi connectivity index (χ2n) is 6.30. The summed E-state index contributed by atoms with van der Waals surface area (Å²) >= 11 is 1.24. The summed E-state index contributed by atoms with van der Waals surface area (Å²) in [6, 6.07) is 10.6. The van der Waals surface area contributed by atoms with Crippen LogP contribution in [-0.2, 0) is 16.4 Å². The van der Waals surface area contributed by atoms with Crippen molar-refractivity contribution in [3.8, 4) is 0 Å². The molecule has 6 nitrogen and oxygen atoms in total. The number of hydrogen-bond acceptors (Lipinski definition) is 5. The molecule has 3 N–H and O–H groups in total. The third-order valence-corrected chi connectivity index (χ3v) is 6.28. The molecule has 28 heavy (non-hydrogen) atoms. The first-order valence-electron chi connectivity index (χ1n) is 8.29. The number of hydrogen-bond donors (Lipinski definition) is 2. The van der Waals surface area contributed by atoms with E-state index in [1.165, 1.54) is 29.5 Å². The minimum absolute atomic E-state index is 0.0386. The fourth-order valence-electron chi connectivity index (χ4n) is 2.69. The number of nitrogens with two attached hydrogens (primary N) is 1. The first kappa shape index (κ1) is 20.1. The van der Waals surface area contributed by atoms with E-state index in [-0.39, 0.29) is 16.6 Å². The zero-order valence-electron chi connectivity index (χ0n) is 15.2. The molecule has 0 atom stereocenters. The van der Waals surface area contributed by atoms with Gasteiger partial charge in [0.05, 0.1) is 15.6 Å². The number of anilines is 1. The Labute approximate surface area is 166 Å². The van der Waals surface area contributed by atoms with Crippen molar-refractivity contribution in [3.63, 3.8) is 0 Å². The van der Waals surface area contributed by atoms with Crippen molar-refractivity contribution in [1.29, 1.82) is 0 Å². The lowest BCUT2D eigenvalue weighted by Gasteiger charge is -2.08. The summed E-state index contributed by atoms with van der Waals surface area (Å²) < 4.78 is 36.3. The van der Waals surface area contributed by atoms with Crippen LogP contribution in [0.5, 0.6) is 0 Å². The van der Waals surface area contributed by atoms with Gasteiger partial charge in [-0.2, -0.15) is 0 Å². The van der Waals surface area contributed by atoms with Crippen molar-refractivity contribution in [1.82, 2.24) is 4.98 Å². The maximum atomic E-state index is 13.0. The normalized spacial score (nSPS) is 11.4. The predicted molar refractivity (Wildman–Crippen MR) is 107 cm³/mol. The van der Waals surface area contributed by atoms with Gasteiger partial charge in [0.15, 0.2) is 0 Å². The van der Waals surface area contributed by atoms with Crippen LogP contribution < -0.4 is 10.5 Å². The Hall–Kier alpha value is -2.62. The van der Waals surface area contributed by atoms with E-state index in [0.29, 0.717) is 28.2 Å². The number of nitrogens with one attached hydrogen (secondary N) is 1. The second-order valence-corrected chi connectivity index (χ2v) is 8.92. The highest BCUT2D eigenvalue weighted by Gasteiger charge is 2.18. The summed E-state index contributed by atoms with van der Waals surface area (Å²) in [6.45, 7) is 3.35. The van der Waals surface area contributed by atoms with Crippen LogP contribution in [0.3, 0.4) is 0 Å². The fraction of sp³-hybridized carbons (Fsp3) is 0.158. The van der Waals surface area contributed by atoms with Crippen molar-refractivity contribution < 1.29 is 17.6 Å². The lowest BCUT2D eigenvalue weighted by Crippen LogP contribution is -2.16. The van der Waals surface area contributed by atoms with Gasteiger partial charge < -0.3 is 5.32 Å². The predicted octanol–water partition coefficient (Wildman–Crippen LogP) is 3.39. The zero-order chi connectivity index (χ0) is 20.5. The van der Waals surface area contributed by atoms with E-state index in [0.717, 1.165) is 10.6 Å². The van der Waals surface area contributed by atoms with Crippen LogP contribution in [0.1, 0.15) is 31.5 Å². The van der Waals surface area contributed by atoms with E-state index >= 15 is 0 Å². The molecule has 3 rings (SSSR count). The van der Waals surface area contributed by atoms with Crippen LogP contribution in [0.15, 0.2) is 47.4 Å². The SMILES string of the molecule is Cc1ccc(NC(=O)c2sc(Cc3ccc(F)cc3)nc2C)cc1S(N)(=O)=O. The van der Waals surface area contributed by atoms with Gasteiger partial charge in [0, 0.05) is 12.1 Å². The van der Waals surface area contributed by atoms with Crippen LogP contribution >= 0.6 is 11.3 Å². The number of halogens is 1. The molecule has 2 aromatic carbocycles. The molecule has 0 unspecified atom stereocenters. The molecule has 146 valence electrons. The summed E-state index contributed by atoms with van der Waals surface area (Å²) in [5.74, 6) is -0.694. The summed E-state index contributed by atoms with van der Waals surface area (Å²) in [7, 11) is -3.89. The average Bonchev–Trinajstić information content (AvgIpc) is 2.98. The molecule has 0 saturated carbocycles. The summed E-state index contributed by atoms with van der Waals surface area (Å²) in [6.07, 6.45) is 0.485. The first-order valence-corrected chi connectivity index (χ1v) is 10.7. The highest BCUT2D eigenvalue weighted by molar-refractivity contribution is 7.89. The summed E-state index contributed by atoms with van der Waals surface area (Å²) in [5, 5.41) is 8.62. The smallest absolute Gasteiger partial charge is 0.267 e. The lowest BCUT2D eigenvalue weighted by molar-refractivity contribution is 0.102. The summed E-state index contributed by atoms with van der Waals surface area (Å²) in [5.41, 5.74) is 2.28. The Bertz CT molecular complexity index is 1140. The van der Waals surface area contributed by atoms with Gasteiger partial charge in [-0.1, -0.05) is 18.2 Å². The lowest BCUT2D eigenvalue weighted by atomic mass is 10.1. The molecule has 1 heterocycles. The Balaban J connectivity index is 1.80. The van der Waals surface area contributed by atoms with Crippen molar-refractivity contribution in [2.75, 3.05) is 5.32 Å². The Kier molecular flexibility index (Phi) is 5.59. The highest BCUT2D eigenvalue weighted by atomic mass is 32.2. The van der Waals surface area contributed by atoms with Gasteiger partial charge in [-0.05, 0) is 49.2 Å². The van der Waals surface area contributed by atoms with E-state index in [9.17, 15) is 17.6 Å². The third-order valence-electron chi connectivity index (χ3n) is 4.07. The minimum atomic E-state index is -3.89.